The number of hydrogen-bond acceptors (Lipinski definition) is 2. The second-order valence-corrected chi connectivity index (χ2v) is 3.30. The summed E-state index contributed by atoms with van der Waals surface area (Å²) in [6.07, 6.45) is 0. The van der Waals surface area contributed by atoms with Crippen LogP contribution < -0.4 is 5.73 Å². The van der Waals surface area contributed by atoms with Gasteiger partial charge in [-0.2, -0.15) is 0 Å². The lowest BCUT2D eigenvalue weighted by molar-refractivity contribution is 1.34. The van der Waals surface area contributed by atoms with E-state index in [1.807, 2.05) is 36.4 Å². The van der Waals surface area contributed by atoms with Crippen molar-refractivity contribution in [1.29, 1.82) is 0 Å². The van der Waals surface area contributed by atoms with Crippen LogP contribution in [0.25, 0.3) is 11.1 Å². The van der Waals surface area contributed by atoms with Crippen LogP contribution in [-0.4, -0.2) is 4.98 Å². The van der Waals surface area contributed by atoms with Gasteiger partial charge in [-0.05, 0) is 17.7 Å². The number of halogens is 1. The molecule has 14 heavy (non-hydrogen) atoms. The fourth-order valence-electron chi connectivity index (χ4n) is 1.28. The van der Waals surface area contributed by atoms with Gasteiger partial charge >= 0.3 is 0 Å². The van der Waals surface area contributed by atoms with Gasteiger partial charge in [0.2, 0.25) is 0 Å². The minimum atomic E-state index is 0.440. The van der Waals surface area contributed by atoms with Crippen LogP contribution in [-0.2, 0) is 0 Å². The monoisotopic (exact) mass is 204 g/mol. The van der Waals surface area contributed by atoms with Crippen molar-refractivity contribution in [3.8, 4) is 11.1 Å². The molecule has 1 heterocycles. The fourth-order valence-corrected chi connectivity index (χ4v) is 1.55. The molecule has 0 spiro atoms. The average Bonchev–Trinajstić information content (AvgIpc) is 2.19. The molecule has 0 saturated carbocycles. The van der Waals surface area contributed by atoms with Gasteiger partial charge in [0, 0.05) is 5.56 Å². The number of nitrogens with two attached hydrogens (primary N) is 1. The van der Waals surface area contributed by atoms with Crippen molar-refractivity contribution >= 4 is 17.4 Å². The number of anilines is 1. The minimum Gasteiger partial charge on any atom is -0.384 e. The molecule has 0 unspecified atom stereocenters. The lowest BCUT2D eigenvalue weighted by atomic mass is 10.1. The zero-order chi connectivity index (χ0) is 9.97. The number of aromatic nitrogens is 1. The van der Waals surface area contributed by atoms with E-state index in [4.69, 9.17) is 17.3 Å². The second kappa shape index (κ2) is 3.68. The molecule has 0 atom stereocenters. The lowest BCUT2D eigenvalue weighted by Crippen LogP contribution is -1.91. The van der Waals surface area contributed by atoms with Gasteiger partial charge in [-0.1, -0.05) is 41.9 Å². The van der Waals surface area contributed by atoms with Crippen molar-refractivity contribution < 1.29 is 0 Å². The Kier molecular flexibility index (Phi) is 2.37. The molecule has 0 radical (unpaired) electrons. The highest BCUT2D eigenvalue weighted by atomic mass is 35.5. The summed E-state index contributed by atoms with van der Waals surface area (Å²) in [6, 6.07) is 13.5. The first-order chi connectivity index (χ1) is 6.77. The van der Waals surface area contributed by atoms with E-state index in [0.717, 1.165) is 11.1 Å². The molecule has 2 N–H and O–H groups in total. The molecule has 1 aromatic heterocycles. The van der Waals surface area contributed by atoms with Crippen LogP contribution in [0.3, 0.4) is 0 Å². The molecule has 3 heteroatoms. The van der Waals surface area contributed by atoms with Crippen LogP contribution in [0.1, 0.15) is 0 Å². The normalized spacial score (nSPS) is 10.1. The first-order valence-electron chi connectivity index (χ1n) is 4.25. The highest BCUT2D eigenvalue weighted by Gasteiger charge is 2.03. The minimum absolute atomic E-state index is 0.440. The number of nitrogens with zero attached hydrogens (tertiary/aromatic N) is 1. The zero-order valence-electron chi connectivity index (χ0n) is 7.44. The third kappa shape index (κ3) is 1.70. The van der Waals surface area contributed by atoms with Crippen molar-refractivity contribution in [3.63, 3.8) is 0 Å². The molecule has 0 aliphatic carbocycles. The predicted molar refractivity (Wildman–Crippen MR) is 59.1 cm³/mol. The third-order valence-corrected chi connectivity index (χ3v) is 2.24. The SMILES string of the molecule is Nc1ccc(-c2ccccc2)c(Cl)n1. The molecule has 2 nitrogen and oxygen atoms in total. The Hall–Kier alpha value is -1.54. The highest BCUT2D eigenvalue weighted by molar-refractivity contribution is 6.32. The van der Waals surface area contributed by atoms with Gasteiger partial charge in [0.25, 0.3) is 0 Å². The number of nitrogen functional groups attached to an aromatic ring is 1. The zero-order valence-corrected chi connectivity index (χ0v) is 8.20. The molecule has 1 aromatic carbocycles. The van der Waals surface area contributed by atoms with Gasteiger partial charge in [-0.15, -0.1) is 0 Å². The van der Waals surface area contributed by atoms with Gasteiger partial charge in [0.05, 0.1) is 0 Å². The molecule has 0 saturated heterocycles. The first-order valence-corrected chi connectivity index (χ1v) is 4.62. The smallest absolute Gasteiger partial charge is 0.139 e. The number of pyridine rings is 1. The standard InChI is InChI=1S/C11H9ClN2/c12-11-9(6-7-10(13)14-11)8-4-2-1-3-5-8/h1-7H,(H2,13,14). The Bertz CT molecular complexity index is 440. The van der Waals surface area contributed by atoms with Gasteiger partial charge in [0.1, 0.15) is 11.0 Å². The third-order valence-electron chi connectivity index (χ3n) is 1.96. The second-order valence-electron chi connectivity index (χ2n) is 2.94. The topological polar surface area (TPSA) is 38.9 Å². The van der Waals surface area contributed by atoms with Crippen molar-refractivity contribution in [3.05, 3.63) is 47.6 Å². The first kappa shape index (κ1) is 9.03. The van der Waals surface area contributed by atoms with E-state index >= 15 is 0 Å². The van der Waals surface area contributed by atoms with Gasteiger partial charge < -0.3 is 5.73 Å². The van der Waals surface area contributed by atoms with Crippen molar-refractivity contribution in [2.45, 2.75) is 0 Å². The Morgan fingerprint density at radius 2 is 1.71 bits per heavy atom. The molecule has 0 fully saturated rings. The number of rotatable bonds is 1. The molecule has 0 bridgehead atoms. The maximum Gasteiger partial charge on any atom is 0.139 e. The lowest BCUT2D eigenvalue weighted by Gasteiger charge is -2.03. The number of benzene rings is 1. The van der Waals surface area contributed by atoms with E-state index in [1.165, 1.54) is 0 Å². The average molecular weight is 205 g/mol. The maximum atomic E-state index is 5.97. The molecule has 70 valence electrons. The number of hydrogen-bond donors (Lipinski definition) is 1. The summed E-state index contributed by atoms with van der Waals surface area (Å²) in [7, 11) is 0. The van der Waals surface area contributed by atoms with Gasteiger partial charge in [-0.3, -0.25) is 0 Å². The quantitative estimate of drug-likeness (QED) is 0.726. The van der Waals surface area contributed by atoms with E-state index < -0.39 is 0 Å². The summed E-state index contributed by atoms with van der Waals surface area (Å²) < 4.78 is 0. The summed E-state index contributed by atoms with van der Waals surface area (Å²) in [4.78, 5) is 3.99. The molecule has 0 aliphatic heterocycles. The summed E-state index contributed by atoms with van der Waals surface area (Å²) in [5.41, 5.74) is 7.46. The van der Waals surface area contributed by atoms with Crippen molar-refractivity contribution in [2.75, 3.05) is 5.73 Å². The Labute approximate surface area is 87.4 Å². The van der Waals surface area contributed by atoms with Crippen LogP contribution in [0.4, 0.5) is 5.82 Å². The van der Waals surface area contributed by atoms with E-state index in [1.54, 1.807) is 6.07 Å². The summed E-state index contributed by atoms with van der Waals surface area (Å²) in [5.74, 6) is 0.440. The van der Waals surface area contributed by atoms with Crippen molar-refractivity contribution in [1.82, 2.24) is 4.98 Å². The Balaban J connectivity index is 2.53. The molecular formula is C11H9ClN2. The molecule has 0 amide bonds. The molecule has 2 aromatic rings. The predicted octanol–water partition coefficient (Wildman–Crippen LogP) is 2.98. The van der Waals surface area contributed by atoms with E-state index in [2.05, 4.69) is 4.98 Å². The molecule has 2 rings (SSSR count). The van der Waals surface area contributed by atoms with E-state index in [-0.39, 0.29) is 0 Å². The largest absolute Gasteiger partial charge is 0.384 e. The van der Waals surface area contributed by atoms with Crippen LogP contribution >= 0.6 is 11.6 Å². The molecular weight excluding hydrogens is 196 g/mol. The van der Waals surface area contributed by atoms with Gasteiger partial charge in [0.15, 0.2) is 0 Å². The maximum absolute atomic E-state index is 5.97. The van der Waals surface area contributed by atoms with Crippen LogP contribution in [0, 0.1) is 0 Å². The molecule has 0 aliphatic rings. The fraction of sp³-hybridized carbons (Fsp3) is 0. The highest BCUT2D eigenvalue weighted by Crippen LogP contribution is 2.26. The summed E-state index contributed by atoms with van der Waals surface area (Å²) >= 11 is 5.97. The van der Waals surface area contributed by atoms with Crippen LogP contribution in [0.15, 0.2) is 42.5 Å². The van der Waals surface area contributed by atoms with Gasteiger partial charge in [-0.25, -0.2) is 4.98 Å². The van der Waals surface area contributed by atoms with Crippen LogP contribution in [0.2, 0.25) is 5.15 Å². The Morgan fingerprint density at radius 1 is 1.00 bits per heavy atom. The summed E-state index contributed by atoms with van der Waals surface area (Å²) in [6.45, 7) is 0. The van der Waals surface area contributed by atoms with E-state index in [9.17, 15) is 0 Å². The summed E-state index contributed by atoms with van der Waals surface area (Å²) in [5, 5.41) is 0.441. The van der Waals surface area contributed by atoms with Crippen LogP contribution in [0.5, 0.6) is 0 Å². The van der Waals surface area contributed by atoms with E-state index in [0.29, 0.717) is 11.0 Å². The van der Waals surface area contributed by atoms with Crippen molar-refractivity contribution in [2.24, 2.45) is 0 Å². The Morgan fingerprint density at radius 3 is 2.36 bits per heavy atom.